The van der Waals surface area contributed by atoms with E-state index in [0.29, 0.717) is 76.1 Å². The van der Waals surface area contributed by atoms with Gasteiger partial charge in [0.25, 0.3) is 5.91 Å². The van der Waals surface area contributed by atoms with Gasteiger partial charge in [-0.3, -0.25) is 4.79 Å². The standard InChI is InChI=1S/C24H37N7O4/c1-2-3-9-26-22-28-23(30-24(29-22)31-12-16-35-17-13-31)27-11-15-34-19-18-33-14-10-25-21(32)20-7-5-4-6-8-20/h4-8H,2-3,9-19H2,1H3,(H,25,32)(H2,26,27,28,29,30). The van der Waals surface area contributed by atoms with Gasteiger partial charge in [-0.1, -0.05) is 31.5 Å². The fourth-order valence-electron chi connectivity index (χ4n) is 3.29. The number of rotatable bonds is 16. The molecule has 0 spiro atoms. The van der Waals surface area contributed by atoms with E-state index in [4.69, 9.17) is 14.2 Å². The number of nitrogens with one attached hydrogen (secondary N) is 3. The van der Waals surface area contributed by atoms with Crippen molar-refractivity contribution in [2.45, 2.75) is 19.8 Å². The van der Waals surface area contributed by atoms with Crippen molar-refractivity contribution < 1.29 is 19.0 Å². The fraction of sp³-hybridized carbons (Fsp3) is 0.583. The number of unbranched alkanes of at least 4 members (excludes halogenated alkanes) is 1. The third-order valence-corrected chi connectivity index (χ3v) is 5.20. The van der Waals surface area contributed by atoms with Gasteiger partial charge in [0.2, 0.25) is 17.8 Å². The molecule has 0 saturated carbocycles. The van der Waals surface area contributed by atoms with Crippen molar-refractivity contribution in [2.24, 2.45) is 0 Å². The number of morpholine rings is 1. The Labute approximate surface area is 207 Å². The number of benzene rings is 1. The average molecular weight is 488 g/mol. The summed E-state index contributed by atoms with van der Waals surface area (Å²) in [5, 5.41) is 9.33. The Balaban J connectivity index is 1.30. The highest BCUT2D eigenvalue weighted by Crippen LogP contribution is 2.15. The van der Waals surface area contributed by atoms with Crippen LogP contribution in [0, 0.1) is 0 Å². The molecule has 1 fully saturated rings. The number of anilines is 3. The Morgan fingerprint density at radius 3 is 2.26 bits per heavy atom. The largest absolute Gasteiger partial charge is 0.378 e. The molecular weight excluding hydrogens is 450 g/mol. The van der Waals surface area contributed by atoms with Crippen LogP contribution < -0.4 is 20.9 Å². The molecule has 35 heavy (non-hydrogen) atoms. The third-order valence-electron chi connectivity index (χ3n) is 5.20. The minimum absolute atomic E-state index is 0.102. The Morgan fingerprint density at radius 1 is 0.914 bits per heavy atom. The molecule has 1 aliphatic heterocycles. The number of nitrogens with zero attached hydrogens (tertiary/aromatic N) is 4. The van der Waals surface area contributed by atoms with Crippen LogP contribution in [0.5, 0.6) is 0 Å². The lowest BCUT2D eigenvalue weighted by Crippen LogP contribution is -2.37. The summed E-state index contributed by atoms with van der Waals surface area (Å²) in [5.41, 5.74) is 0.641. The molecule has 3 rings (SSSR count). The summed E-state index contributed by atoms with van der Waals surface area (Å²) < 4.78 is 16.6. The van der Waals surface area contributed by atoms with Gasteiger partial charge in [0.1, 0.15) is 0 Å². The van der Waals surface area contributed by atoms with Crippen LogP contribution in [0.25, 0.3) is 0 Å². The summed E-state index contributed by atoms with van der Waals surface area (Å²) in [4.78, 5) is 27.7. The van der Waals surface area contributed by atoms with Crippen molar-refractivity contribution in [1.29, 1.82) is 0 Å². The van der Waals surface area contributed by atoms with Gasteiger partial charge in [0.15, 0.2) is 0 Å². The van der Waals surface area contributed by atoms with E-state index in [1.54, 1.807) is 12.1 Å². The number of hydrogen-bond donors (Lipinski definition) is 3. The topological polar surface area (TPSA) is 123 Å². The second-order valence-electron chi connectivity index (χ2n) is 7.94. The zero-order chi connectivity index (χ0) is 24.6. The van der Waals surface area contributed by atoms with Crippen molar-refractivity contribution in [1.82, 2.24) is 20.3 Å². The molecule has 0 radical (unpaired) electrons. The van der Waals surface area contributed by atoms with Gasteiger partial charge in [0, 0.05) is 38.3 Å². The maximum atomic E-state index is 11.9. The van der Waals surface area contributed by atoms with Crippen molar-refractivity contribution in [3.05, 3.63) is 35.9 Å². The first-order chi connectivity index (χ1) is 17.3. The number of amides is 1. The van der Waals surface area contributed by atoms with Crippen molar-refractivity contribution in [3.8, 4) is 0 Å². The second kappa shape index (κ2) is 15.8. The van der Waals surface area contributed by atoms with Crippen LogP contribution in [0.4, 0.5) is 17.8 Å². The average Bonchev–Trinajstić information content (AvgIpc) is 2.90. The first kappa shape index (κ1) is 26.6. The normalized spacial score (nSPS) is 13.5. The smallest absolute Gasteiger partial charge is 0.251 e. The first-order valence-electron chi connectivity index (χ1n) is 12.3. The van der Waals surface area contributed by atoms with Crippen molar-refractivity contribution in [3.63, 3.8) is 0 Å². The zero-order valence-corrected chi connectivity index (χ0v) is 20.5. The molecule has 1 aliphatic rings. The number of carbonyl (C=O) groups is 1. The van der Waals surface area contributed by atoms with Crippen LogP contribution >= 0.6 is 0 Å². The van der Waals surface area contributed by atoms with Crippen LogP contribution in [0.3, 0.4) is 0 Å². The Morgan fingerprint density at radius 2 is 1.57 bits per heavy atom. The minimum Gasteiger partial charge on any atom is -0.378 e. The lowest BCUT2D eigenvalue weighted by molar-refractivity contribution is 0.0519. The summed E-state index contributed by atoms with van der Waals surface area (Å²) in [6.07, 6.45) is 2.15. The van der Waals surface area contributed by atoms with E-state index in [2.05, 4.69) is 42.7 Å². The quantitative estimate of drug-likeness (QED) is 0.302. The molecule has 11 heteroatoms. The van der Waals surface area contributed by atoms with Crippen LogP contribution in [0.15, 0.2) is 30.3 Å². The van der Waals surface area contributed by atoms with E-state index in [1.807, 2.05) is 18.2 Å². The lowest BCUT2D eigenvalue weighted by Gasteiger charge is -2.27. The van der Waals surface area contributed by atoms with E-state index in [0.717, 1.165) is 32.5 Å². The Kier molecular flexibility index (Phi) is 12.0. The molecule has 192 valence electrons. The molecule has 2 heterocycles. The van der Waals surface area contributed by atoms with Gasteiger partial charge in [-0.15, -0.1) is 0 Å². The Bertz CT molecular complexity index is 866. The van der Waals surface area contributed by atoms with Crippen LogP contribution in [0.1, 0.15) is 30.1 Å². The molecule has 1 amide bonds. The van der Waals surface area contributed by atoms with E-state index in [1.165, 1.54) is 0 Å². The van der Waals surface area contributed by atoms with E-state index in [-0.39, 0.29) is 5.91 Å². The molecular formula is C24H37N7O4. The predicted octanol–water partition coefficient (Wildman–Crippen LogP) is 1.80. The SMILES string of the molecule is CCCCNc1nc(NCCOCCOCCNC(=O)c2ccccc2)nc(N2CCOCC2)n1. The van der Waals surface area contributed by atoms with Gasteiger partial charge >= 0.3 is 0 Å². The molecule has 1 aromatic carbocycles. The summed E-state index contributed by atoms with van der Waals surface area (Å²) in [6, 6.07) is 9.12. The highest BCUT2D eigenvalue weighted by molar-refractivity contribution is 5.94. The molecule has 0 atom stereocenters. The second-order valence-corrected chi connectivity index (χ2v) is 7.94. The summed E-state index contributed by atoms with van der Waals surface area (Å²) in [6.45, 7) is 8.70. The van der Waals surface area contributed by atoms with E-state index in [9.17, 15) is 4.79 Å². The zero-order valence-electron chi connectivity index (χ0n) is 20.5. The highest BCUT2D eigenvalue weighted by Gasteiger charge is 2.16. The number of hydrogen-bond acceptors (Lipinski definition) is 10. The van der Waals surface area contributed by atoms with Crippen LogP contribution in [-0.4, -0.2) is 93.2 Å². The summed E-state index contributed by atoms with van der Waals surface area (Å²) in [7, 11) is 0. The number of carbonyl (C=O) groups excluding carboxylic acids is 1. The fourth-order valence-corrected chi connectivity index (χ4v) is 3.29. The molecule has 1 saturated heterocycles. The molecule has 3 N–H and O–H groups in total. The Hall–Kier alpha value is -3.02. The molecule has 2 aromatic rings. The van der Waals surface area contributed by atoms with E-state index < -0.39 is 0 Å². The van der Waals surface area contributed by atoms with Gasteiger partial charge in [-0.25, -0.2) is 0 Å². The predicted molar refractivity (Wildman–Crippen MR) is 135 cm³/mol. The molecule has 0 aliphatic carbocycles. The monoisotopic (exact) mass is 487 g/mol. The third kappa shape index (κ3) is 10.0. The number of ether oxygens (including phenoxy) is 3. The summed E-state index contributed by atoms with van der Waals surface area (Å²) in [5.74, 6) is 1.65. The van der Waals surface area contributed by atoms with Crippen molar-refractivity contribution in [2.75, 3.05) is 87.9 Å². The highest BCUT2D eigenvalue weighted by atomic mass is 16.5. The van der Waals surface area contributed by atoms with E-state index >= 15 is 0 Å². The summed E-state index contributed by atoms with van der Waals surface area (Å²) >= 11 is 0. The van der Waals surface area contributed by atoms with Crippen molar-refractivity contribution >= 4 is 23.8 Å². The lowest BCUT2D eigenvalue weighted by atomic mass is 10.2. The maximum Gasteiger partial charge on any atom is 0.251 e. The molecule has 11 nitrogen and oxygen atoms in total. The van der Waals surface area contributed by atoms with Crippen LogP contribution in [-0.2, 0) is 14.2 Å². The number of aromatic nitrogens is 3. The molecule has 1 aromatic heterocycles. The van der Waals surface area contributed by atoms with Gasteiger partial charge in [0.05, 0.1) is 39.6 Å². The molecule has 0 unspecified atom stereocenters. The maximum absolute atomic E-state index is 11.9. The molecule has 0 bridgehead atoms. The van der Waals surface area contributed by atoms with Gasteiger partial charge in [-0.05, 0) is 18.6 Å². The van der Waals surface area contributed by atoms with Gasteiger partial charge < -0.3 is 35.1 Å². The minimum atomic E-state index is -0.102. The van der Waals surface area contributed by atoms with Gasteiger partial charge in [-0.2, -0.15) is 15.0 Å². The van der Waals surface area contributed by atoms with Crippen LogP contribution in [0.2, 0.25) is 0 Å². The first-order valence-corrected chi connectivity index (χ1v) is 12.3.